The molecule has 0 spiro atoms. The smallest absolute Gasteiger partial charge is 0.289 e. The number of hydrogen-bond acceptors (Lipinski definition) is 7. The minimum atomic E-state index is -0.225. The van der Waals surface area contributed by atoms with Crippen molar-refractivity contribution >= 4 is 22.7 Å². The molecular weight excluding hydrogens is 406 g/mol. The number of benzene rings is 1. The van der Waals surface area contributed by atoms with Gasteiger partial charge in [0.05, 0.1) is 5.69 Å². The lowest BCUT2D eigenvalue weighted by molar-refractivity contribution is 0.0799. The maximum Gasteiger partial charge on any atom is 0.289 e. The van der Waals surface area contributed by atoms with Crippen molar-refractivity contribution in [3.05, 3.63) is 36.1 Å². The van der Waals surface area contributed by atoms with Crippen LogP contribution in [0.3, 0.4) is 0 Å². The lowest BCUT2D eigenvalue weighted by Gasteiger charge is -2.43. The van der Waals surface area contributed by atoms with Gasteiger partial charge in [0.25, 0.3) is 5.91 Å². The molecule has 2 N–H and O–H groups in total. The van der Waals surface area contributed by atoms with Gasteiger partial charge in [0.1, 0.15) is 11.3 Å². The largest absolute Gasteiger partial charge is 0.507 e. The number of aromatic nitrogens is 2. The van der Waals surface area contributed by atoms with Gasteiger partial charge in [-0.05, 0) is 49.9 Å². The molecule has 168 valence electrons. The molecule has 8 heteroatoms. The number of carbonyl (C=O) groups excluding carboxylic acids is 1. The van der Waals surface area contributed by atoms with Crippen LogP contribution in [0.1, 0.15) is 42.7 Å². The van der Waals surface area contributed by atoms with E-state index >= 15 is 0 Å². The maximum atomic E-state index is 12.2. The van der Waals surface area contributed by atoms with Crippen molar-refractivity contribution in [2.24, 2.45) is 0 Å². The molecule has 2 saturated heterocycles. The van der Waals surface area contributed by atoms with Crippen LogP contribution in [0.5, 0.6) is 5.75 Å². The normalized spacial score (nSPS) is 22.7. The third-order valence-electron chi connectivity index (χ3n) is 6.78. The first-order chi connectivity index (χ1) is 15.4. The number of anilines is 1. The molecule has 0 saturated carbocycles. The lowest BCUT2D eigenvalue weighted by atomic mass is 9.83. The minimum absolute atomic E-state index is 0.0392. The average molecular weight is 436 g/mol. The van der Waals surface area contributed by atoms with Gasteiger partial charge in [-0.25, -0.2) is 0 Å². The van der Waals surface area contributed by atoms with E-state index in [1.54, 1.807) is 26.2 Å². The van der Waals surface area contributed by atoms with Crippen LogP contribution in [0, 0.1) is 0 Å². The van der Waals surface area contributed by atoms with Crippen LogP contribution in [0.15, 0.2) is 34.7 Å². The fourth-order valence-corrected chi connectivity index (χ4v) is 5.00. The van der Waals surface area contributed by atoms with Crippen LogP contribution < -0.4 is 10.2 Å². The standard InChI is InChI=1S/C24H29N5O3/c1-28(2)24(31)22-10-14-9-18(20(30)13-21(14)32-22)19-7-8-23(27-26-19)29(3)17-11-15-5-4-6-16(12-17)25-15/h7-10,13,15-17,25,30H,4-6,11-12H2,1-3H3/t15-,16+,17?. The van der Waals surface area contributed by atoms with Crippen molar-refractivity contribution in [3.63, 3.8) is 0 Å². The van der Waals surface area contributed by atoms with E-state index in [0.29, 0.717) is 35.0 Å². The molecule has 0 radical (unpaired) electrons. The fraction of sp³-hybridized carbons (Fsp3) is 0.458. The monoisotopic (exact) mass is 435 g/mol. The van der Waals surface area contributed by atoms with E-state index in [0.717, 1.165) is 24.0 Å². The molecule has 2 aliphatic heterocycles. The van der Waals surface area contributed by atoms with E-state index < -0.39 is 0 Å². The van der Waals surface area contributed by atoms with Crippen LogP contribution in [-0.4, -0.2) is 65.4 Å². The van der Waals surface area contributed by atoms with Crippen molar-refractivity contribution in [2.75, 3.05) is 26.0 Å². The number of piperidine rings is 2. The predicted octanol–water partition coefficient (Wildman–Crippen LogP) is 3.41. The highest BCUT2D eigenvalue weighted by atomic mass is 16.3. The fourth-order valence-electron chi connectivity index (χ4n) is 5.00. The van der Waals surface area contributed by atoms with Gasteiger partial charge in [0.2, 0.25) is 0 Å². The quantitative estimate of drug-likeness (QED) is 0.648. The first-order valence-corrected chi connectivity index (χ1v) is 11.2. The third-order valence-corrected chi connectivity index (χ3v) is 6.78. The van der Waals surface area contributed by atoms with Crippen molar-refractivity contribution < 1.29 is 14.3 Å². The topological polar surface area (TPSA) is 94.7 Å². The second-order valence-corrected chi connectivity index (χ2v) is 9.22. The number of fused-ring (bicyclic) bond motifs is 3. The molecule has 5 rings (SSSR count). The Hall–Kier alpha value is -3.13. The van der Waals surface area contributed by atoms with Crippen LogP contribution in [-0.2, 0) is 0 Å². The number of phenols is 1. The molecule has 1 amide bonds. The molecule has 1 aromatic carbocycles. The molecule has 8 nitrogen and oxygen atoms in total. The second kappa shape index (κ2) is 8.09. The zero-order valence-electron chi connectivity index (χ0n) is 18.7. The summed E-state index contributed by atoms with van der Waals surface area (Å²) in [7, 11) is 5.43. The molecule has 0 aliphatic carbocycles. The summed E-state index contributed by atoms with van der Waals surface area (Å²) in [5.41, 5.74) is 1.59. The van der Waals surface area contributed by atoms with Gasteiger partial charge >= 0.3 is 0 Å². The highest BCUT2D eigenvalue weighted by Gasteiger charge is 2.33. The van der Waals surface area contributed by atoms with E-state index in [4.69, 9.17) is 4.42 Å². The molecule has 2 aliphatic rings. The first-order valence-electron chi connectivity index (χ1n) is 11.2. The summed E-state index contributed by atoms with van der Waals surface area (Å²) in [4.78, 5) is 15.9. The molecular formula is C24H29N5O3. The third kappa shape index (κ3) is 3.79. The number of amides is 1. The van der Waals surface area contributed by atoms with Gasteiger partial charge in [-0.3, -0.25) is 4.79 Å². The Labute approximate surface area is 187 Å². The summed E-state index contributed by atoms with van der Waals surface area (Å²) >= 11 is 0. The van der Waals surface area contributed by atoms with E-state index in [1.165, 1.54) is 30.2 Å². The maximum absolute atomic E-state index is 12.2. The van der Waals surface area contributed by atoms with Gasteiger partial charge in [-0.1, -0.05) is 6.42 Å². The second-order valence-electron chi connectivity index (χ2n) is 9.22. The summed E-state index contributed by atoms with van der Waals surface area (Å²) in [6, 6.07) is 10.5. The SMILES string of the molecule is CN(C)C(=O)c1cc2cc(-c3ccc(N(C)C4C[C@H]5CCC[C@@H](C4)N5)nn3)c(O)cc2o1. The molecule has 4 heterocycles. The molecule has 2 fully saturated rings. The Balaban J connectivity index is 1.38. The summed E-state index contributed by atoms with van der Waals surface area (Å²) in [5.74, 6) is 0.881. The highest BCUT2D eigenvalue weighted by molar-refractivity contribution is 5.97. The average Bonchev–Trinajstić information content (AvgIpc) is 3.20. The van der Waals surface area contributed by atoms with Crippen LogP contribution in [0.25, 0.3) is 22.2 Å². The Kier molecular flexibility index (Phi) is 5.25. The molecule has 3 aromatic rings. The minimum Gasteiger partial charge on any atom is -0.507 e. The van der Waals surface area contributed by atoms with Gasteiger partial charge in [-0.2, -0.15) is 0 Å². The van der Waals surface area contributed by atoms with Crippen molar-refractivity contribution in [2.45, 2.75) is 50.2 Å². The Morgan fingerprint density at radius 1 is 1.09 bits per heavy atom. The predicted molar refractivity (Wildman–Crippen MR) is 123 cm³/mol. The summed E-state index contributed by atoms with van der Waals surface area (Å²) in [6.07, 6.45) is 6.08. The van der Waals surface area contributed by atoms with E-state index in [9.17, 15) is 9.90 Å². The molecule has 3 atom stereocenters. The van der Waals surface area contributed by atoms with Crippen LogP contribution >= 0.6 is 0 Å². The Morgan fingerprint density at radius 2 is 1.84 bits per heavy atom. The van der Waals surface area contributed by atoms with Gasteiger partial charge in [0.15, 0.2) is 11.6 Å². The van der Waals surface area contributed by atoms with E-state index in [1.807, 2.05) is 12.1 Å². The van der Waals surface area contributed by atoms with Crippen LogP contribution in [0.4, 0.5) is 5.82 Å². The Morgan fingerprint density at radius 3 is 2.50 bits per heavy atom. The zero-order valence-corrected chi connectivity index (χ0v) is 18.7. The number of aromatic hydroxyl groups is 1. The molecule has 1 unspecified atom stereocenters. The van der Waals surface area contributed by atoms with Crippen molar-refractivity contribution in [3.8, 4) is 17.0 Å². The first kappa shape index (κ1) is 20.8. The number of hydrogen-bond donors (Lipinski definition) is 2. The van der Waals surface area contributed by atoms with Gasteiger partial charge < -0.3 is 24.6 Å². The summed E-state index contributed by atoms with van der Waals surface area (Å²) < 4.78 is 5.61. The molecule has 2 aromatic heterocycles. The van der Waals surface area contributed by atoms with Crippen LogP contribution in [0.2, 0.25) is 0 Å². The highest BCUT2D eigenvalue weighted by Crippen LogP contribution is 2.35. The van der Waals surface area contributed by atoms with Gasteiger partial charge in [-0.15, -0.1) is 10.2 Å². The Bertz CT molecular complexity index is 1130. The summed E-state index contributed by atoms with van der Waals surface area (Å²) in [5, 5.41) is 23.9. The number of nitrogens with one attached hydrogen (secondary N) is 1. The van der Waals surface area contributed by atoms with Crippen molar-refractivity contribution in [1.29, 1.82) is 0 Å². The van der Waals surface area contributed by atoms with E-state index in [-0.39, 0.29) is 17.4 Å². The van der Waals surface area contributed by atoms with E-state index in [2.05, 4.69) is 27.5 Å². The summed E-state index contributed by atoms with van der Waals surface area (Å²) in [6.45, 7) is 0. The molecule has 32 heavy (non-hydrogen) atoms. The lowest BCUT2D eigenvalue weighted by Crippen LogP contribution is -2.54. The van der Waals surface area contributed by atoms with Crippen molar-refractivity contribution in [1.82, 2.24) is 20.4 Å². The number of nitrogens with zero attached hydrogens (tertiary/aromatic N) is 4. The number of rotatable bonds is 4. The number of phenolic OH excluding ortho intramolecular Hbond substituents is 1. The van der Waals surface area contributed by atoms with Gasteiger partial charge in [0, 0.05) is 56.3 Å². The number of furan rings is 1. The molecule has 2 bridgehead atoms. The zero-order chi connectivity index (χ0) is 22.4. The number of carbonyl (C=O) groups is 1.